The minimum Gasteiger partial charge on any atom is -0.748 e. The number of unbranched alkanes of at least 4 members (excludes halogenated alkanes) is 2. The van der Waals surface area contributed by atoms with Gasteiger partial charge in [0.25, 0.3) is 0 Å². The lowest BCUT2D eigenvalue weighted by Gasteiger charge is -2.31. The van der Waals surface area contributed by atoms with Gasteiger partial charge in [-0.3, -0.25) is 4.79 Å². The van der Waals surface area contributed by atoms with Crippen LogP contribution in [-0.2, 0) is 39.9 Å². The molecule has 0 amide bonds. The van der Waals surface area contributed by atoms with Crippen molar-refractivity contribution in [1.82, 2.24) is 4.58 Å². The molecule has 0 bridgehead atoms. The Morgan fingerprint density at radius 2 is 1.71 bits per heavy atom. The van der Waals surface area contributed by atoms with E-state index in [4.69, 9.17) is 19.0 Å². The van der Waals surface area contributed by atoms with E-state index in [1.165, 1.54) is 12.1 Å². The van der Waals surface area contributed by atoms with E-state index < -0.39 is 42.3 Å². The summed E-state index contributed by atoms with van der Waals surface area (Å²) in [6.07, 6.45) is 9.14. The highest BCUT2D eigenvalue weighted by Crippen LogP contribution is 2.51. The van der Waals surface area contributed by atoms with Gasteiger partial charge in [-0.05, 0) is 80.1 Å². The predicted molar refractivity (Wildman–Crippen MR) is 190 cm³/mol. The summed E-state index contributed by atoms with van der Waals surface area (Å²) in [6.45, 7) is 4.70. The van der Waals surface area contributed by atoms with Crippen molar-refractivity contribution in [3.05, 3.63) is 83.1 Å². The maximum Gasteiger partial charge on any atom is 0.303 e. The Morgan fingerprint density at radius 1 is 0.980 bits per heavy atom. The van der Waals surface area contributed by atoms with Gasteiger partial charge in [-0.25, -0.2) is 21.4 Å². The number of rotatable bonds is 19. The smallest absolute Gasteiger partial charge is 0.303 e. The fourth-order valence-electron chi connectivity index (χ4n) is 6.49. The molecule has 0 aromatic heterocycles. The van der Waals surface area contributed by atoms with Crippen molar-refractivity contribution in [2.75, 3.05) is 57.7 Å². The number of fused-ring (bicyclic) bond motifs is 2. The monoisotopic (exact) mass is 745 g/mol. The highest BCUT2D eigenvalue weighted by atomic mass is 32.2. The molecular formula is C36H45N2O11S2-. The second-order valence-electron chi connectivity index (χ2n) is 12.6. The highest BCUT2D eigenvalue weighted by Gasteiger charge is 2.43. The number of carbonyl (C=O) groups is 1. The molecule has 0 saturated carbocycles. The number of methoxy groups -OCH3 is 2. The summed E-state index contributed by atoms with van der Waals surface area (Å²) in [5, 5.41) is 10.0. The third-order valence-corrected chi connectivity index (χ3v) is 10.7. The van der Waals surface area contributed by atoms with Crippen LogP contribution in [0.2, 0.25) is 0 Å². The molecule has 1 aromatic rings. The van der Waals surface area contributed by atoms with Crippen molar-refractivity contribution in [3.63, 3.8) is 0 Å². The Balaban J connectivity index is 1.78. The third kappa shape index (κ3) is 10.6. The number of carboxylic acid groups (broad SMARTS) is 1. The Hall–Kier alpha value is -3.86. The van der Waals surface area contributed by atoms with Gasteiger partial charge < -0.3 is 33.0 Å². The first kappa shape index (κ1) is 39.9. The van der Waals surface area contributed by atoms with Crippen LogP contribution in [0.1, 0.15) is 56.6 Å². The molecule has 4 rings (SSSR count). The summed E-state index contributed by atoms with van der Waals surface area (Å²) >= 11 is 0. The lowest BCUT2D eigenvalue weighted by Crippen LogP contribution is -2.35. The van der Waals surface area contributed by atoms with Gasteiger partial charge in [0.15, 0.2) is 13.1 Å². The normalized spacial score (nSPS) is 17.1. The Kier molecular flexibility index (Phi) is 13.8. The van der Waals surface area contributed by atoms with E-state index in [0.29, 0.717) is 69.1 Å². The quantitative estimate of drug-likeness (QED) is 0.106. The molecule has 1 aromatic carbocycles. The molecule has 1 aliphatic carbocycles. The van der Waals surface area contributed by atoms with Crippen LogP contribution >= 0.6 is 0 Å². The molecule has 1 N–H and O–H groups in total. The van der Waals surface area contributed by atoms with Crippen LogP contribution in [0.25, 0.3) is 17.4 Å². The van der Waals surface area contributed by atoms with E-state index >= 15 is 0 Å². The lowest BCUT2D eigenvalue weighted by molar-refractivity contribution is -0.137. The Labute approximate surface area is 299 Å². The highest BCUT2D eigenvalue weighted by molar-refractivity contribution is 7.86. The number of hydrogen-bond acceptors (Lipinski definition) is 11. The van der Waals surface area contributed by atoms with Crippen LogP contribution in [0.3, 0.4) is 0 Å². The average Bonchev–Trinajstić information content (AvgIpc) is 3.29. The molecular weight excluding hydrogens is 701 g/mol. The maximum atomic E-state index is 12.1. The topological polar surface area (TPSA) is 190 Å². The molecule has 1 unspecified atom stereocenters. The van der Waals surface area contributed by atoms with E-state index in [-0.39, 0.29) is 19.3 Å². The molecule has 2 aliphatic heterocycles. The van der Waals surface area contributed by atoms with Gasteiger partial charge in [0.2, 0.25) is 5.36 Å². The largest absolute Gasteiger partial charge is 0.748 e. The first-order chi connectivity index (χ1) is 24.2. The fraction of sp³-hybridized carbons (Fsp3) is 0.444. The zero-order chi connectivity index (χ0) is 37.2. The first-order valence-electron chi connectivity index (χ1n) is 16.7. The summed E-state index contributed by atoms with van der Waals surface area (Å²) in [5.74, 6) is -0.828. The molecule has 0 saturated heterocycles. The Morgan fingerprint density at radius 3 is 2.35 bits per heavy atom. The minimum absolute atomic E-state index is 0.00255. The summed E-state index contributed by atoms with van der Waals surface area (Å²) < 4.78 is 89.4. The number of allylic oxidation sites excluding steroid dienone is 3. The second-order valence-corrected chi connectivity index (χ2v) is 15.5. The number of aliphatic carboxylic acids is 1. The van der Waals surface area contributed by atoms with Gasteiger partial charge in [0, 0.05) is 61.4 Å². The van der Waals surface area contributed by atoms with Crippen molar-refractivity contribution < 1.29 is 49.7 Å². The maximum absolute atomic E-state index is 12.1. The summed E-state index contributed by atoms with van der Waals surface area (Å²) in [7, 11) is -6.02. The van der Waals surface area contributed by atoms with E-state index in [2.05, 4.69) is 4.58 Å². The molecule has 2 heterocycles. The molecule has 1 atom stereocenters. The molecule has 13 nitrogen and oxygen atoms in total. The SMILES string of the molecule is COCC[N+](CCOC)=c1ccc2c(/C=C/C=C3/N(CCCCCC(=O)O)c4ccc(S(=O)(=O)[O-])cc4C3(C)CCCS(=O)(=O)[O-])ccoc-2c1. The van der Waals surface area contributed by atoms with Crippen LogP contribution in [0, 0.1) is 0 Å². The average molecular weight is 746 g/mol. The van der Waals surface area contributed by atoms with Gasteiger partial charge in [-0.1, -0.05) is 18.6 Å². The number of anilines is 1. The first-order valence-corrected chi connectivity index (χ1v) is 19.7. The fourth-order valence-corrected chi connectivity index (χ4v) is 7.49. The summed E-state index contributed by atoms with van der Waals surface area (Å²) in [5.41, 5.74) is 2.63. The van der Waals surface area contributed by atoms with E-state index in [1.54, 1.807) is 26.5 Å². The zero-order valence-corrected chi connectivity index (χ0v) is 30.7. The third-order valence-electron chi connectivity index (χ3n) is 9.09. The number of benzene rings is 2. The van der Waals surface area contributed by atoms with Crippen LogP contribution in [-0.4, -0.2) is 89.8 Å². The second kappa shape index (κ2) is 17.6. The van der Waals surface area contributed by atoms with Crippen molar-refractivity contribution >= 4 is 38.0 Å². The van der Waals surface area contributed by atoms with E-state index in [9.17, 15) is 30.7 Å². The van der Waals surface area contributed by atoms with Gasteiger partial charge in [-0.15, -0.1) is 0 Å². The number of nitrogens with zero attached hydrogens (tertiary/aromatic N) is 2. The van der Waals surface area contributed by atoms with Gasteiger partial charge in [0.1, 0.15) is 29.1 Å². The van der Waals surface area contributed by atoms with E-state index in [1.807, 2.05) is 54.3 Å². The number of hydrogen-bond donors (Lipinski definition) is 1. The molecule has 0 fully saturated rings. The summed E-state index contributed by atoms with van der Waals surface area (Å²) in [4.78, 5) is 12.6. The van der Waals surface area contributed by atoms with Gasteiger partial charge in [0.05, 0.1) is 27.3 Å². The molecule has 3 aliphatic rings. The van der Waals surface area contributed by atoms with Crippen LogP contribution in [0.15, 0.2) is 75.9 Å². The number of carboxylic acids is 1. The van der Waals surface area contributed by atoms with Crippen molar-refractivity contribution in [2.24, 2.45) is 0 Å². The van der Waals surface area contributed by atoms with Crippen molar-refractivity contribution in [1.29, 1.82) is 0 Å². The number of ether oxygens (including phenoxy) is 2. The zero-order valence-electron chi connectivity index (χ0n) is 29.1. The molecule has 15 heteroatoms. The molecule has 0 radical (unpaired) electrons. The summed E-state index contributed by atoms with van der Waals surface area (Å²) in [6, 6.07) is 11.9. The van der Waals surface area contributed by atoms with Crippen LogP contribution in [0.4, 0.5) is 5.69 Å². The van der Waals surface area contributed by atoms with E-state index in [0.717, 1.165) is 22.2 Å². The molecule has 0 spiro atoms. The minimum atomic E-state index is -4.81. The van der Waals surface area contributed by atoms with Crippen molar-refractivity contribution in [2.45, 2.75) is 55.8 Å². The standard InChI is InChI=1S/C36H46N2O11S2/c1-36(17-8-24-50(41,42)43)31-26-29(51(44,45)46)13-15-32(31)38(18-6-4-5-11-35(39)40)34(36)10-7-9-27-16-21-49-33-25-28(12-14-30(27)33)37(19-22-47-2)20-23-48-3/h7,9-10,12-16,21,25-26H,4-6,8,11,17-20,22-24H2,1-3H3,(H2-,39,40,41,42,43,44,45,46)/p-1. The Bertz CT molecular complexity index is 1990. The molecule has 51 heavy (non-hydrogen) atoms. The predicted octanol–water partition coefficient (Wildman–Crippen LogP) is 4.00. The van der Waals surface area contributed by atoms with Crippen LogP contribution < -0.4 is 14.8 Å². The van der Waals surface area contributed by atoms with Crippen molar-refractivity contribution in [3.8, 4) is 11.3 Å². The molecule has 278 valence electrons. The van der Waals surface area contributed by atoms with Gasteiger partial charge in [-0.2, -0.15) is 0 Å². The van der Waals surface area contributed by atoms with Crippen LogP contribution in [0.5, 0.6) is 0 Å². The lowest BCUT2D eigenvalue weighted by atomic mass is 9.77. The van der Waals surface area contributed by atoms with Gasteiger partial charge >= 0.3 is 5.97 Å².